The minimum Gasteiger partial charge on any atom is -0.464 e. The average Bonchev–Trinajstić information content (AvgIpc) is 3.91. The number of rotatable bonds is 37. The van der Waals surface area contributed by atoms with Crippen molar-refractivity contribution in [2.75, 3.05) is 67.8 Å². The van der Waals surface area contributed by atoms with Crippen LogP contribution < -0.4 is 37.2 Å². The molecular weight excluding hydrogens is 1010 g/mol. The molecule has 0 saturated carbocycles. The number of methoxy groups -OCH3 is 3. The Morgan fingerprint density at radius 3 is 1.99 bits per heavy atom. The van der Waals surface area contributed by atoms with Gasteiger partial charge in [0.05, 0.1) is 62.0 Å². The zero-order valence-corrected chi connectivity index (χ0v) is 48.5. The second kappa shape index (κ2) is 36.7. The zero-order valence-electron chi connectivity index (χ0n) is 48.5. The molecule has 1 aromatic carbocycles. The molecule has 23 heteroatoms. The van der Waals surface area contributed by atoms with Gasteiger partial charge in [0.1, 0.15) is 24.7 Å². The Balaban J connectivity index is 2.03. The highest BCUT2D eigenvalue weighted by Gasteiger charge is 2.42. The molecule has 1 fully saturated rings. The van der Waals surface area contributed by atoms with E-state index in [2.05, 4.69) is 37.2 Å². The van der Waals surface area contributed by atoms with Crippen LogP contribution in [0.5, 0.6) is 0 Å². The van der Waals surface area contributed by atoms with E-state index >= 15 is 0 Å². The van der Waals surface area contributed by atoms with Gasteiger partial charge in [-0.15, -0.1) is 0 Å². The predicted molar refractivity (Wildman–Crippen MR) is 291 cm³/mol. The van der Waals surface area contributed by atoms with Gasteiger partial charge in [-0.3, -0.25) is 28.8 Å². The second-order valence-electron chi connectivity index (χ2n) is 20.6. The Labute approximate surface area is 462 Å². The maximum absolute atomic E-state index is 14.3. The number of carbonyl (C=O) groups excluding carboxylic acids is 8. The molecule has 0 aromatic heterocycles. The number of amides is 7. The minimum atomic E-state index is -1.01. The van der Waals surface area contributed by atoms with Gasteiger partial charge in [0.2, 0.25) is 35.4 Å². The van der Waals surface area contributed by atoms with Gasteiger partial charge in [-0.2, -0.15) is 0 Å². The summed E-state index contributed by atoms with van der Waals surface area (Å²) in [5.74, 6) is -4.21. The van der Waals surface area contributed by atoms with Crippen LogP contribution in [0.15, 0.2) is 30.3 Å². The van der Waals surface area contributed by atoms with Crippen LogP contribution in [-0.4, -0.2) is 186 Å². The van der Waals surface area contributed by atoms with E-state index < -0.39 is 96.6 Å². The summed E-state index contributed by atoms with van der Waals surface area (Å²) in [7, 11) is 6.06. The number of aliphatic hydroxyl groups excluding tert-OH is 1. The van der Waals surface area contributed by atoms with Crippen molar-refractivity contribution in [3.63, 3.8) is 0 Å². The fourth-order valence-electron chi connectivity index (χ4n) is 9.15. The van der Waals surface area contributed by atoms with E-state index in [1.807, 2.05) is 78.8 Å². The number of aliphatic hydroxyl groups is 1. The molecule has 1 aliphatic rings. The number of benzene rings is 1. The van der Waals surface area contributed by atoms with Crippen LogP contribution in [0.25, 0.3) is 0 Å². The summed E-state index contributed by atoms with van der Waals surface area (Å²) in [5, 5.41) is 29.1. The van der Waals surface area contributed by atoms with Crippen LogP contribution in [0.3, 0.4) is 0 Å². The first-order chi connectivity index (χ1) is 37.1. The lowest BCUT2D eigenvalue weighted by molar-refractivity contribution is -0.181. The van der Waals surface area contributed by atoms with Crippen molar-refractivity contribution in [1.82, 2.24) is 42.1 Å². The van der Waals surface area contributed by atoms with Crippen LogP contribution in [0, 0.1) is 23.7 Å². The first kappa shape index (κ1) is 68.6. The van der Waals surface area contributed by atoms with Crippen molar-refractivity contribution in [1.29, 1.82) is 0 Å². The number of nitrogens with zero attached hydrogens (tertiary/aromatic N) is 1. The Kier molecular flexibility index (Phi) is 32.3. The second-order valence-corrected chi connectivity index (χ2v) is 20.6. The number of carbonyl (C=O) groups is 8. The summed E-state index contributed by atoms with van der Waals surface area (Å²) in [6.45, 7) is 16.4. The number of hydrogen-bond acceptors (Lipinski definition) is 16. The standard InChI is InChI=1S/C55H94N8O15/c1-14-35(7)48(62-53(70)47(34(5)6)61-52(69)46(56-10)33(3)4)42(73-11)30-44(66)63-27-19-23-41(63)49(75-13)36(8)50(67)60-40(29-38-21-17-16-18-22-38)51(68)57-25-20-28-76-54(71)37(9)59-43(65)24-26-58-55(72)77-32-45(74-12)78-39(15-2)31-64/h16-18,21-22,33-37,39-42,45-49,56,64H,14-15,19-20,23-32H2,1-13H3,(H,57,68)(H,58,72)(H,59,65)(H,60,67)(H,61,69)(H,62,70)/t35-,36+,37-,39?,40-,41-,42+,45?,46-,47-,48-,49+/m0/s1. The third-order valence-corrected chi connectivity index (χ3v) is 14.1. The molecule has 1 heterocycles. The summed E-state index contributed by atoms with van der Waals surface area (Å²) >= 11 is 0. The quantitative estimate of drug-likeness (QED) is 0.0269. The van der Waals surface area contributed by atoms with Crippen molar-refractivity contribution >= 4 is 47.5 Å². The molecule has 0 aliphatic carbocycles. The van der Waals surface area contributed by atoms with E-state index in [9.17, 15) is 43.5 Å². The van der Waals surface area contributed by atoms with Crippen molar-refractivity contribution in [3.8, 4) is 0 Å². The molecule has 1 saturated heterocycles. The van der Waals surface area contributed by atoms with Gasteiger partial charge in [0.15, 0.2) is 6.29 Å². The fraction of sp³-hybridized carbons (Fsp3) is 0.745. The minimum absolute atomic E-state index is 0.00980. The van der Waals surface area contributed by atoms with E-state index in [0.717, 1.165) is 5.56 Å². The molecule has 2 rings (SSSR count). The highest BCUT2D eigenvalue weighted by atomic mass is 16.7. The van der Waals surface area contributed by atoms with Gasteiger partial charge in [-0.05, 0) is 63.0 Å². The molecule has 8 N–H and O–H groups in total. The van der Waals surface area contributed by atoms with Gasteiger partial charge in [0, 0.05) is 53.8 Å². The number of hydrogen-bond donors (Lipinski definition) is 8. The topological polar surface area (TPSA) is 300 Å². The van der Waals surface area contributed by atoms with Crippen molar-refractivity contribution < 1.29 is 71.9 Å². The van der Waals surface area contributed by atoms with Crippen molar-refractivity contribution in [2.24, 2.45) is 23.7 Å². The van der Waals surface area contributed by atoms with E-state index in [1.54, 1.807) is 18.9 Å². The molecule has 78 heavy (non-hydrogen) atoms. The lowest BCUT2D eigenvalue weighted by atomic mass is 9.90. The molecule has 23 nitrogen and oxygen atoms in total. The van der Waals surface area contributed by atoms with Gasteiger partial charge in [0.25, 0.3) is 0 Å². The predicted octanol–water partition coefficient (Wildman–Crippen LogP) is 2.11. The average molecular weight is 1110 g/mol. The molecular formula is C55H94N8O15. The Morgan fingerprint density at radius 1 is 0.744 bits per heavy atom. The molecule has 1 aromatic rings. The lowest BCUT2D eigenvalue weighted by Crippen LogP contribution is -2.59. The van der Waals surface area contributed by atoms with E-state index in [4.69, 9.17) is 28.4 Å². The Hall–Kier alpha value is -5.46. The third kappa shape index (κ3) is 23.1. The first-order valence-corrected chi connectivity index (χ1v) is 27.5. The molecule has 0 bridgehead atoms. The highest BCUT2D eigenvalue weighted by molar-refractivity contribution is 5.91. The number of likely N-dealkylation sites (tertiary alicyclic amines) is 1. The highest BCUT2D eigenvalue weighted by Crippen LogP contribution is 2.29. The first-order valence-electron chi connectivity index (χ1n) is 27.5. The van der Waals surface area contributed by atoms with Gasteiger partial charge >= 0.3 is 12.1 Å². The smallest absolute Gasteiger partial charge is 0.407 e. The summed E-state index contributed by atoms with van der Waals surface area (Å²) < 4.78 is 32.9. The number of esters is 1. The number of alkyl carbamates (subject to hydrolysis) is 1. The molecule has 7 amide bonds. The lowest BCUT2D eigenvalue weighted by Gasteiger charge is -2.37. The van der Waals surface area contributed by atoms with E-state index in [-0.39, 0.29) is 94.1 Å². The van der Waals surface area contributed by atoms with Gasteiger partial charge < -0.3 is 75.6 Å². The molecule has 0 spiro atoms. The van der Waals surface area contributed by atoms with Crippen molar-refractivity contribution in [2.45, 2.75) is 175 Å². The van der Waals surface area contributed by atoms with Crippen LogP contribution in [0.2, 0.25) is 0 Å². The van der Waals surface area contributed by atoms with Crippen LogP contribution in [0.4, 0.5) is 4.79 Å². The molecule has 12 atom stereocenters. The van der Waals surface area contributed by atoms with E-state index in [0.29, 0.717) is 32.2 Å². The maximum Gasteiger partial charge on any atom is 0.407 e. The van der Waals surface area contributed by atoms with Crippen LogP contribution >= 0.6 is 0 Å². The van der Waals surface area contributed by atoms with Crippen molar-refractivity contribution in [3.05, 3.63) is 35.9 Å². The summed E-state index contributed by atoms with van der Waals surface area (Å²) in [5.41, 5.74) is 0.797. The SMILES string of the molecule is CCC(CO)OC(COC(=O)NCCC(=O)N[C@@H](C)C(=O)OCCCNC(=O)[C@H](Cc1ccccc1)NC(=O)[C@H](C)[C@@H](OC)[C@@H]1CCCN1C(=O)C[C@@H](OC)[C@@H](NC(=O)[C@@H](NC(=O)[C@@H](NC)C(C)C)C(C)C)[C@@H](C)CC)OC. The normalized spacial score (nSPS) is 17.7. The molecule has 1 aliphatic heterocycles. The molecule has 444 valence electrons. The summed E-state index contributed by atoms with van der Waals surface area (Å²) in [6, 6.07) is 4.79. The third-order valence-electron chi connectivity index (χ3n) is 14.1. The largest absolute Gasteiger partial charge is 0.464 e. The summed E-state index contributed by atoms with van der Waals surface area (Å²) in [6.07, 6.45) is -1.07. The summed E-state index contributed by atoms with van der Waals surface area (Å²) in [4.78, 5) is 108. The van der Waals surface area contributed by atoms with Gasteiger partial charge in [-0.1, -0.05) is 92.1 Å². The Morgan fingerprint density at radius 2 is 1.41 bits per heavy atom. The number of nitrogens with one attached hydrogen (secondary N) is 7. The number of ether oxygens (including phenoxy) is 6. The fourth-order valence-corrected chi connectivity index (χ4v) is 9.15. The van der Waals surface area contributed by atoms with E-state index in [1.165, 1.54) is 28.3 Å². The molecule has 0 radical (unpaired) electrons. The van der Waals surface area contributed by atoms with Crippen LogP contribution in [0.1, 0.15) is 113 Å². The molecule has 2 unspecified atom stereocenters. The van der Waals surface area contributed by atoms with Gasteiger partial charge in [-0.25, -0.2) is 9.59 Å². The monoisotopic (exact) mass is 1110 g/mol. The zero-order chi connectivity index (χ0) is 58.5. The maximum atomic E-state index is 14.3. The van der Waals surface area contributed by atoms with Crippen LogP contribution in [-0.2, 0) is 68.4 Å². The Bertz CT molecular complexity index is 2000. The number of likely N-dealkylation sites (N-methyl/N-ethyl adjacent to an activating group) is 1.